The first-order valence-corrected chi connectivity index (χ1v) is 7.14. The van der Waals surface area contributed by atoms with Gasteiger partial charge in [-0.15, -0.1) is 0 Å². The number of pyridine rings is 1. The summed E-state index contributed by atoms with van der Waals surface area (Å²) < 4.78 is 1.74. The molecule has 2 N–H and O–H groups in total. The smallest absolute Gasteiger partial charge is 0.252 e. The van der Waals surface area contributed by atoms with Gasteiger partial charge in [0.25, 0.3) is 5.91 Å². The molecule has 0 bridgehead atoms. The predicted molar refractivity (Wildman–Crippen MR) is 82.7 cm³/mol. The molecule has 0 fully saturated rings. The molecule has 0 atom stereocenters. The largest absolute Gasteiger partial charge is 0.369 e. The summed E-state index contributed by atoms with van der Waals surface area (Å²) in [6.45, 7) is 3.20. The fourth-order valence-electron chi connectivity index (χ4n) is 1.86. The topological polar surface area (TPSA) is 71.8 Å². The van der Waals surface area contributed by atoms with E-state index in [9.17, 15) is 4.79 Å². The molecule has 1 amide bonds. The third-order valence-electron chi connectivity index (χ3n) is 2.88. The van der Waals surface area contributed by atoms with Crippen LogP contribution in [0.5, 0.6) is 0 Å². The van der Waals surface area contributed by atoms with Crippen LogP contribution in [0.4, 0.5) is 5.82 Å². The summed E-state index contributed by atoms with van der Waals surface area (Å²) in [4.78, 5) is 16.1. The SMILES string of the molecule is CCNc1ncc(C(=O)NCCc2ccn(C)n2)cc1Cl. The van der Waals surface area contributed by atoms with Crippen molar-refractivity contribution in [1.82, 2.24) is 20.1 Å². The fraction of sp³-hybridized carbons (Fsp3) is 0.357. The lowest BCUT2D eigenvalue weighted by atomic mass is 10.2. The van der Waals surface area contributed by atoms with Gasteiger partial charge >= 0.3 is 0 Å². The van der Waals surface area contributed by atoms with E-state index in [1.54, 1.807) is 10.7 Å². The van der Waals surface area contributed by atoms with Crippen molar-refractivity contribution < 1.29 is 4.79 Å². The Labute approximate surface area is 128 Å². The quantitative estimate of drug-likeness (QED) is 0.854. The molecule has 7 heteroatoms. The van der Waals surface area contributed by atoms with Crippen molar-refractivity contribution >= 4 is 23.3 Å². The molecule has 0 aliphatic rings. The van der Waals surface area contributed by atoms with Crippen molar-refractivity contribution in [1.29, 1.82) is 0 Å². The lowest BCUT2D eigenvalue weighted by Crippen LogP contribution is -2.26. The molecule has 0 spiro atoms. The molecule has 2 heterocycles. The second-order valence-corrected chi connectivity index (χ2v) is 4.98. The molecule has 21 heavy (non-hydrogen) atoms. The molecule has 0 saturated heterocycles. The van der Waals surface area contributed by atoms with Gasteiger partial charge in [0.2, 0.25) is 0 Å². The van der Waals surface area contributed by atoms with E-state index in [1.807, 2.05) is 26.2 Å². The Kier molecular flexibility index (Phi) is 5.16. The number of aromatic nitrogens is 3. The van der Waals surface area contributed by atoms with Gasteiger partial charge in [0.05, 0.1) is 16.3 Å². The summed E-state index contributed by atoms with van der Waals surface area (Å²) in [5.74, 6) is 0.396. The van der Waals surface area contributed by atoms with Crippen molar-refractivity contribution in [2.45, 2.75) is 13.3 Å². The zero-order valence-electron chi connectivity index (χ0n) is 12.1. The van der Waals surface area contributed by atoms with Gasteiger partial charge in [-0.25, -0.2) is 4.98 Å². The van der Waals surface area contributed by atoms with Crippen molar-refractivity contribution in [3.05, 3.63) is 40.8 Å². The van der Waals surface area contributed by atoms with Crippen molar-refractivity contribution in [2.75, 3.05) is 18.4 Å². The van der Waals surface area contributed by atoms with Crippen LogP contribution in [-0.4, -0.2) is 33.8 Å². The van der Waals surface area contributed by atoms with Crippen LogP contribution in [0.2, 0.25) is 5.02 Å². The van der Waals surface area contributed by atoms with Gasteiger partial charge in [0.1, 0.15) is 5.82 Å². The number of hydrogen-bond donors (Lipinski definition) is 2. The minimum atomic E-state index is -0.191. The zero-order chi connectivity index (χ0) is 15.2. The Morgan fingerprint density at radius 1 is 1.48 bits per heavy atom. The number of anilines is 1. The standard InChI is InChI=1S/C14H18ClN5O/c1-3-16-13-12(15)8-10(9-18-13)14(21)17-6-4-11-5-7-20(2)19-11/h5,7-9H,3-4,6H2,1-2H3,(H,16,18)(H,17,21). The first kappa shape index (κ1) is 15.3. The van der Waals surface area contributed by atoms with E-state index in [4.69, 9.17) is 11.6 Å². The molecule has 2 rings (SSSR count). The highest BCUT2D eigenvalue weighted by molar-refractivity contribution is 6.33. The summed E-state index contributed by atoms with van der Waals surface area (Å²) in [5.41, 5.74) is 1.39. The fourth-order valence-corrected chi connectivity index (χ4v) is 2.10. The number of rotatable bonds is 6. The Hall–Kier alpha value is -2.08. The van der Waals surface area contributed by atoms with Gasteiger partial charge in [-0.3, -0.25) is 9.48 Å². The third-order valence-corrected chi connectivity index (χ3v) is 3.17. The number of carbonyl (C=O) groups is 1. The van der Waals surface area contributed by atoms with Gasteiger partial charge in [0.15, 0.2) is 0 Å². The van der Waals surface area contributed by atoms with Crippen molar-refractivity contribution in [2.24, 2.45) is 7.05 Å². The number of carbonyl (C=O) groups excluding carboxylic acids is 1. The van der Waals surface area contributed by atoms with E-state index in [1.165, 1.54) is 6.20 Å². The van der Waals surface area contributed by atoms with Crippen LogP contribution in [0, 0.1) is 0 Å². The summed E-state index contributed by atoms with van der Waals surface area (Å²) in [5, 5.41) is 10.5. The number of aryl methyl sites for hydroxylation is 1. The molecule has 0 aliphatic carbocycles. The van der Waals surface area contributed by atoms with E-state index in [-0.39, 0.29) is 5.91 Å². The average molecular weight is 308 g/mol. The number of amides is 1. The van der Waals surface area contributed by atoms with E-state index in [0.717, 1.165) is 12.2 Å². The lowest BCUT2D eigenvalue weighted by Gasteiger charge is -2.07. The third kappa shape index (κ3) is 4.19. The predicted octanol–water partition coefficient (Wildman–Crippen LogP) is 1.87. The van der Waals surface area contributed by atoms with E-state index in [2.05, 4.69) is 20.7 Å². The first-order chi connectivity index (χ1) is 10.1. The maximum absolute atomic E-state index is 12.0. The summed E-state index contributed by atoms with van der Waals surface area (Å²) in [7, 11) is 1.86. The molecule has 0 radical (unpaired) electrons. The van der Waals surface area contributed by atoms with Crippen LogP contribution < -0.4 is 10.6 Å². The first-order valence-electron chi connectivity index (χ1n) is 6.76. The maximum Gasteiger partial charge on any atom is 0.252 e. The highest BCUT2D eigenvalue weighted by Crippen LogP contribution is 2.19. The number of halogens is 1. The van der Waals surface area contributed by atoms with Gasteiger partial charge in [-0.2, -0.15) is 5.10 Å². The highest BCUT2D eigenvalue weighted by atomic mass is 35.5. The van der Waals surface area contributed by atoms with E-state index < -0.39 is 0 Å². The average Bonchev–Trinajstić information content (AvgIpc) is 2.87. The normalized spacial score (nSPS) is 10.4. The van der Waals surface area contributed by atoms with Gasteiger partial charge < -0.3 is 10.6 Å². The van der Waals surface area contributed by atoms with Gasteiger partial charge in [0, 0.05) is 39.0 Å². The minimum absolute atomic E-state index is 0.191. The van der Waals surface area contributed by atoms with Crippen LogP contribution in [0.25, 0.3) is 0 Å². The molecule has 0 aliphatic heterocycles. The van der Waals surface area contributed by atoms with Crippen LogP contribution in [0.15, 0.2) is 24.5 Å². The molecule has 0 unspecified atom stereocenters. The van der Waals surface area contributed by atoms with Crippen LogP contribution >= 0.6 is 11.6 Å². The molecular formula is C14H18ClN5O. The van der Waals surface area contributed by atoms with Crippen molar-refractivity contribution in [3.63, 3.8) is 0 Å². The summed E-state index contributed by atoms with van der Waals surface area (Å²) >= 11 is 6.07. The molecule has 112 valence electrons. The van der Waals surface area contributed by atoms with Crippen molar-refractivity contribution in [3.8, 4) is 0 Å². The number of nitrogens with one attached hydrogen (secondary N) is 2. The molecule has 2 aromatic rings. The lowest BCUT2D eigenvalue weighted by molar-refractivity contribution is 0.0953. The monoisotopic (exact) mass is 307 g/mol. The van der Waals surface area contributed by atoms with E-state index >= 15 is 0 Å². The molecular weight excluding hydrogens is 290 g/mol. The summed E-state index contributed by atoms with van der Waals surface area (Å²) in [6.07, 6.45) is 4.07. The van der Waals surface area contributed by atoms with Gasteiger partial charge in [-0.1, -0.05) is 11.6 Å². The Morgan fingerprint density at radius 2 is 2.29 bits per heavy atom. The maximum atomic E-state index is 12.0. The molecule has 2 aromatic heterocycles. The summed E-state index contributed by atoms with van der Waals surface area (Å²) in [6, 6.07) is 3.54. The Morgan fingerprint density at radius 3 is 2.90 bits per heavy atom. The second kappa shape index (κ2) is 7.08. The Bertz CT molecular complexity index is 626. The van der Waals surface area contributed by atoms with Crippen LogP contribution in [0.1, 0.15) is 23.0 Å². The molecule has 0 aromatic carbocycles. The molecule has 6 nitrogen and oxygen atoms in total. The van der Waals surface area contributed by atoms with Gasteiger partial charge in [-0.05, 0) is 19.1 Å². The Balaban J connectivity index is 1.89. The second-order valence-electron chi connectivity index (χ2n) is 4.57. The molecule has 0 saturated carbocycles. The number of nitrogens with zero attached hydrogens (tertiary/aromatic N) is 3. The van der Waals surface area contributed by atoms with Crippen LogP contribution in [-0.2, 0) is 13.5 Å². The van der Waals surface area contributed by atoms with Crippen LogP contribution in [0.3, 0.4) is 0 Å². The zero-order valence-corrected chi connectivity index (χ0v) is 12.8. The minimum Gasteiger partial charge on any atom is -0.369 e. The highest BCUT2D eigenvalue weighted by Gasteiger charge is 2.09. The van der Waals surface area contributed by atoms with E-state index in [0.29, 0.717) is 29.4 Å². The number of hydrogen-bond acceptors (Lipinski definition) is 4.